The van der Waals surface area contributed by atoms with E-state index in [1.807, 2.05) is 6.07 Å². The van der Waals surface area contributed by atoms with Gasteiger partial charge in [0, 0.05) is 5.39 Å². The van der Waals surface area contributed by atoms with E-state index in [1.165, 1.54) is 12.1 Å². The zero-order valence-electron chi connectivity index (χ0n) is 9.99. The maximum absolute atomic E-state index is 13.5. The quantitative estimate of drug-likeness (QED) is 0.754. The van der Waals surface area contributed by atoms with Gasteiger partial charge in [-0.15, -0.1) is 0 Å². The largest absolute Gasteiger partial charge is 0.484 e. The maximum atomic E-state index is 13.5. The Morgan fingerprint density at radius 1 is 0.947 bits per heavy atom. The third kappa shape index (κ3) is 2.29. The number of aromatic nitrogens is 1. The van der Waals surface area contributed by atoms with Crippen LogP contribution in [0.25, 0.3) is 10.9 Å². The molecule has 0 radical (unpaired) electrons. The van der Waals surface area contributed by atoms with Crippen LogP contribution in [-0.4, -0.2) is 4.98 Å². The van der Waals surface area contributed by atoms with Crippen molar-refractivity contribution < 1.29 is 13.5 Å². The molecule has 2 nitrogen and oxygen atoms in total. The number of H-pyrrole nitrogens is 1. The summed E-state index contributed by atoms with van der Waals surface area (Å²) >= 11 is 0. The van der Waals surface area contributed by atoms with Crippen molar-refractivity contribution in [2.45, 2.75) is 6.61 Å². The fourth-order valence-electron chi connectivity index (χ4n) is 1.97. The Morgan fingerprint density at radius 2 is 1.74 bits per heavy atom. The summed E-state index contributed by atoms with van der Waals surface area (Å²) < 4.78 is 32.2. The molecule has 3 rings (SSSR count). The number of halogens is 2. The smallest absolute Gasteiger partial charge is 0.165 e. The maximum Gasteiger partial charge on any atom is 0.165 e. The molecule has 0 unspecified atom stereocenters. The predicted molar refractivity (Wildman–Crippen MR) is 69.0 cm³/mol. The molecule has 2 aromatic carbocycles. The Labute approximate surface area is 108 Å². The van der Waals surface area contributed by atoms with Gasteiger partial charge in [0.2, 0.25) is 0 Å². The van der Waals surface area contributed by atoms with E-state index in [9.17, 15) is 8.78 Å². The number of rotatable bonds is 3. The Bertz CT molecular complexity index is 721. The summed E-state index contributed by atoms with van der Waals surface area (Å²) in [5, 5.41) is 0.770. The van der Waals surface area contributed by atoms with Crippen LogP contribution in [0.15, 0.2) is 48.5 Å². The molecular weight excluding hydrogens is 248 g/mol. The van der Waals surface area contributed by atoms with E-state index in [0.29, 0.717) is 11.2 Å². The molecular formula is C15H11F2NO. The lowest BCUT2D eigenvalue weighted by molar-refractivity contribution is 0.287. The number of nitrogens with one attached hydrogen (secondary N) is 1. The van der Waals surface area contributed by atoms with E-state index >= 15 is 0 Å². The summed E-state index contributed by atoms with van der Waals surface area (Å²) in [6.45, 7) is 0.162. The van der Waals surface area contributed by atoms with Crippen molar-refractivity contribution in [2.75, 3.05) is 0 Å². The van der Waals surface area contributed by atoms with Crippen LogP contribution in [0, 0.1) is 11.6 Å². The van der Waals surface area contributed by atoms with Gasteiger partial charge in [-0.05, 0) is 24.3 Å². The SMILES string of the molecule is Fc1ccccc1OCc1cc2cccc(F)c2[nH]1. The molecule has 1 heterocycles. The van der Waals surface area contributed by atoms with Crippen LogP contribution >= 0.6 is 0 Å². The highest BCUT2D eigenvalue weighted by atomic mass is 19.1. The number of ether oxygens (including phenoxy) is 1. The summed E-state index contributed by atoms with van der Waals surface area (Å²) in [6, 6.07) is 12.8. The number of para-hydroxylation sites is 2. The summed E-state index contributed by atoms with van der Waals surface area (Å²) in [4.78, 5) is 2.93. The minimum atomic E-state index is -0.412. The summed E-state index contributed by atoms with van der Waals surface area (Å²) in [6.07, 6.45) is 0. The molecule has 4 heteroatoms. The first kappa shape index (κ1) is 11.7. The molecule has 0 aliphatic heterocycles. The van der Waals surface area contributed by atoms with Crippen LogP contribution in [-0.2, 0) is 6.61 Å². The number of hydrogen-bond acceptors (Lipinski definition) is 1. The van der Waals surface area contributed by atoms with E-state index < -0.39 is 5.82 Å². The fraction of sp³-hybridized carbons (Fsp3) is 0.0667. The lowest BCUT2D eigenvalue weighted by Gasteiger charge is -2.05. The molecule has 0 saturated carbocycles. The van der Waals surface area contributed by atoms with Gasteiger partial charge in [0.1, 0.15) is 12.4 Å². The monoisotopic (exact) mass is 259 g/mol. The molecule has 3 aromatic rings. The second-order valence-corrected chi connectivity index (χ2v) is 4.22. The first-order valence-corrected chi connectivity index (χ1v) is 5.87. The van der Waals surface area contributed by atoms with Gasteiger partial charge in [-0.2, -0.15) is 0 Å². The van der Waals surface area contributed by atoms with Gasteiger partial charge in [0.05, 0.1) is 11.2 Å². The van der Waals surface area contributed by atoms with Crippen molar-refractivity contribution in [1.29, 1.82) is 0 Å². The molecule has 19 heavy (non-hydrogen) atoms. The van der Waals surface area contributed by atoms with Crippen LogP contribution in [0.1, 0.15) is 5.69 Å². The minimum Gasteiger partial charge on any atom is -0.484 e. The van der Waals surface area contributed by atoms with E-state index in [0.717, 1.165) is 5.39 Å². The van der Waals surface area contributed by atoms with Crippen molar-refractivity contribution in [3.05, 3.63) is 65.9 Å². The molecule has 1 N–H and O–H groups in total. The third-order valence-electron chi connectivity index (χ3n) is 2.88. The van der Waals surface area contributed by atoms with Gasteiger partial charge in [0.25, 0.3) is 0 Å². The van der Waals surface area contributed by atoms with Crippen molar-refractivity contribution in [3.8, 4) is 5.75 Å². The van der Waals surface area contributed by atoms with Crippen LogP contribution in [0.5, 0.6) is 5.75 Å². The first-order chi connectivity index (χ1) is 9.24. The van der Waals surface area contributed by atoms with Crippen molar-refractivity contribution in [3.63, 3.8) is 0 Å². The molecule has 0 aliphatic carbocycles. The van der Waals surface area contributed by atoms with Crippen LogP contribution in [0.2, 0.25) is 0 Å². The molecule has 0 spiro atoms. The third-order valence-corrected chi connectivity index (χ3v) is 2.88. The summed E-state index contributed by atoms with van der Waals surface area (Å²) in [5.74, 6) is -0.541. The normalized spacial score (nSPS) is 10.8. The highest BCUT2D eigenvalue weighted by Crippen LogP contribution is 2.21. The molecule has 96 valence electrons. The van der Waals surface area contributed by atoms with Gasteiger partial charge in [-0.25, -0.2) is 8.78 Å². The molecule has 0 saturated heterocycles. The lowest BCUT2D eigenvalue weighted by Crippen LogP contribution is -1.97. The Balaban J connectivity index is 1.83. The van der Waals surface area contributed by atoms with Gasteiger partial charge < -0.3 is 9.72 Å². The number of aromatic amines is 1. The second kappa shape index (κ2) is 4.72. The average Bonchev–Trinajstić information content (AvgIpc) is 2.82. The standard InChI is InChI=1S/C15H11F2NO/c16-12-5-1-2-7-14(12)19-9-11-8-10-4-3-6-13(17)15(10)18-11/h1-8,18H,9H2. The zero-order valence-corrected chi connectivity index (χ0v) is 9.99. The second-order valence-electron chi connectivity index (χ2n) is 4.22. The summed E-state index contributed by atoms with van der Waals surface area (Å²) in [5.41, 5.74) is 1.14. The Hall–Kier alpha value is -2.36. The zero-order chi connectivity index (χ0) is 13.2. The highest BCUT2D eigenvalue weighted by Gasteiger charge is 2.07. The molecule has 0 fully saturated rings. The fourth-order valence-corrected chi connectivity index (χ4v) is 1.97. The van der Waals surface area contributed by atoms with Crippen LogP contribution < -0.4 is 4.74 Å². The highest BCUT2D eigenvalue weighted by molar-refractivity contribution is 5.80. The summed E-state index contributed by atoms with van der Waals surface area (Å²) in [7, 11) is 0. The van der Waals surface area contributed by atoms with Crippen molar-refractivity contribution in [2.24, 2.45) is 0 Å². The van der Waals surface area contributed by atoms with Crippen molar-refractivity contribution >= 4 is 10.9 Å². The van der Waals surface area contributed by atoms with Crippen molar-refractivity contribution in [1.82, 2.24) is 4.98 Å². The number of hydrogen-bond donors (Lipinski definition) is 1. The van der Waals surface area contributed by atoms with E-state index in [2.05, 4.69) is 4.98 Å². The number of benzene rings is 2. The van der Waals surface area contributed by atoms with E-state index in [1.54, 1.807) is 30.3 Å². The lowest BCUT2D eigenvalue weighted by atomic mass is 10.2. The minimum absolute atomic E-state index is 0.162. The molecule has 1 aromatic heterocycles. The van der Waals surface area contributed by atoms with Gasteiger partial charge in [-0.1, -0.05) is 24.3 Å². The van der Waals surface area contributed by atoms with Crippen LogP contribution in [0.3, 0.4) is 0 Å². The number of fused-ring (bicyclic) bond motifs is 1. The Morgan fingerprint density at radius 3 is 2.53 bits per heavy atom. The van der Waals surface area contributed by atoms with E-state index in [-0.39, 0.29) is 18.2 Å². The van der Waals surface area contributed by atoms with Crippen LogP contribution in [0.4, 0.5) is 8.78 Å². The molecule has 0 amide bonds. The van der Waals surface area contributed by atoms with Gasteiger partial charge in [-0.3, -0.25) is 0 Å². The first-order valence-electron chi connectivity index (χ1n) is 5.87. The predicted octanol–water partition coefficient (Wildman–Crippen LogP) is 4.03. The van der Waals surface area contributed by atoms with E-state index in [4.69, 9.17) is 4.74 Å². The van der Waals surface area contributed by atoms with Gasteiger partial charge in [0.15, 0.2) is 11.6 Å². The molecule has 0 aliphatic rings. The molecule has 0 bridgehead atoms. The van der Waals surface area contributed by atoms with Gasteiger partial charge >= 0.3 is 0 Å². The topological polar surface area (TPSA) is 25.0 Å². The molecule has 0 atom stereocenters. The average molecular weight is 259 g/mol. The Kier molecular flexibility index (Phi) is 2.91.